The van der Waals surface area contributed by atoms with Crippen molar-refractivity contribution in [3.8, 4) is 11.8 Å². The summed E-state index contributed by atoms with van der Waals surface area (Å²) in [4.78, 5) is 87.9. The molecular formula is C47H50ClN7O7. The normalized spacial score (nSPS) is 24.7. The van der Waals surface area contributed by atoms with Crippen LogP contribution in [0.1, 0.15) is 106 Å². The minimum absolute atomic E-state index is 0.0275. The third-order valence-electron chi connectivity index (χ3n) is 14.2. The fourth-order valence-corrected chi connectivity index (χ4v) is 11.6. The van der Waals surface area contributed by atoms with Crippen LogP contribution in [0.5, 0.6) is 5.75 Å². The van der Waals surface area contributed by atoms with E-state index in [-0.39, 0.29) is 47.9 Å². The number of hydrogen-bond acceptors (Lipinski definition) is 10. The average molecular weight is 860 g/mol. The number of carbonyl (C=O) groups is 6. The van der Waals surface area contributed by atoms with E-state index in [0.29, 0.717) is 53.0 Å². The van der Waals surface area contributed by atoms with Crippen molar-refractivity contribution in [2.75, 3.05) is 50.7 Å². The smallest absolute Gasteiger partial charge is 0.262 e. The first kappa shape index (κ1) is 41.6. The van der Waals surface area contributed by atoms with Crippen molar-refractivity contribution in [1.82, 2.24) is 24.9 Å². The van der Waals surface area contributed by atoms with Crippen molar-refractivity contribution < 1.29 is 33.5 Å². The Kier molecular flexibility index (Phi) is 10.4. The highest BCUT2D eigenvalue weighted by atomic mass is 35.5. The van der Waals surface area contributed by atoms with Crippen LogP contribution in [-0.2, 0) is 16.1 Å². The Morgan fingerprint density at radius 2 is 1.52 bits per heavy atom. The predicted molar refractivity (Wildman–Crippen MR) is 229 cm³/mol. The fourth-order valence-electron chi connectivity index (χ4n) is 11.4. The second-order valence-electron chi connectivity index (χ2n) is 18.8. The van der Waals surface area contributed by atoms with Gasteiger partial charge >= 0.3 is 0 Å². The summed E-state index contributed by atoms with van der Waals surface area (Å²) >= 11 is 6.29. The van der Waals surface area contributed by atoms with Gasteiger partial charge in [0.1, 0.15) is 24.0 Å². The number of halogens is 1. The van der Waals surface area contributed by atoms with Gasteiger partial charge in [0.05, 0.1) is 21.7 Å². The number of rotatable bonds is 8. The minimum Gasteiger partial charge on any atom is -0.489 e. The quantitative estimate of drug-likeness (QED) is 0.301. The SMILES string of the molecule is CC1(C)[C@H](Oc2ccc(C#N)c(Cl)c2)C(C)(C)[C@H]1N1Cc2cc(C(=O)N3CCN(CC4CCN(c5ccc6c(c5)C(=O)N(C5CCC(=O)NC5=O)C6=O)CC4)CC3)ccc2C1=O. The number of hydrogen-bond donors (Lipinski definition) is 1. The first-order chi connectivity index (χ1) is 29.6. The predicted octanol–water partition coefficient (Wildman–Crippen LogP) is 5.13. The standard InChI is InChI=1S/C47H50ClN7O7/c1-46(2)44(47(3,4)45(46)62-32-8-5-29(24-49)36(48)23-32)54-26-30-21-28(6-9-33(30)41(54)59)40(58)53-19-17-51(18-20-53)25-27-13-15-52(16-14-27)31-7-10-34-35(22-31)43(61)55(42(34)60)37-11-12-38(56)50-39(37)57/h5-10,21-23,27,37,44-45H,11-20,25-26H2,1-4H3,(H,50,56,57)/t37?,44-,45-. The molecule has 322 valence electrons. The molecule has 0 spiro atoms. The third-order valence-corrected chi connectivity index (χ3v) is 14.5. The zero-order valence-electron chi connectivity index (χ0n) is 35.4. The minimum atomic E-state index is -0.990. The molecule has 5 heterocycles. The van der Waals surface area contributed by atoms with Gasteiger partial charge in [-0.05, 0) is 79.3 Å². The van der Waals surface area contributed by atoms with Crippen LogP contribution in [-0.4, -0.2) is 119 Å². The lowest BCUT2D eigenvalue weighted by atomic mass is 9.49. The van der Waals surface area contributed by atoms with Gasteiger partial charge in [-0.15, -0.1) is 0 Å². The van der Waals surface area contributed by atoms with E-state index >= 15 is 0 Å². The molecule has 1 N–H and O–H groups in total. The molecule has 1 saturated carbocycles. The molecule has 3 aromatic rings. The zero-order valence-corrected chi connectivity index (χ0v) is 36.2. The van der Waals surface area contributed by atoms with E-state index in [1.165, 1.54) is 0 Å². The molecule has 15 heteroatoms. The second kappa shape index (κ2) is 15.5. The van der Waals surface area contributed by atoms with Crippen molar-refractivity contribution >= 4 is 52.7 Å². The first-order valence-electron chi connectivity index (χ1n) is 21.5. The molecule has 4 fully saturated rings. The van der Waals surface area contributed by atoms with E-state index in [2.05, 4.69) is 48.9 Å². The van der Waals surface area contributed by atoms with Gasteiger partial charge in [0.2, 0.25) is 11.8 Å². The molecule has 1 unspecified atom stereocenters. The summed E-state index contributed by atoms with van der Waals surface area (Å²) in [7, 11) is 0. The number of piperazine rings is 1. The van der Waals surface area contributed by atoms with Crippen molar-refractivity contribution in [2.24, 2.45) is 16.7 Å². The van der Waals surface area contributed by atoms with Crippen molar-refractivity contribution in [3.05, 3.63) is 93.0 Å². The Hall–Kier alpha value is -5.78. The molecule has 5 aliphatic heterocycles. The fraction of sp³-hybridized carbons (Fsp3) is 0.468. The lowest BCUT2D eigenvalue weighted by molar-refractivity contribution is -0.199. The Morgan fingerprint density at radius 1 is 0.823 bits per heavy atom. The maximum atomic E-state index is 13.9. The van der Waals surface area contributed by atoms with E-state index in [0.717, 1.165) is 61.7 Å². The Morgan fingerprint density at radius 3 is 2.19 bits per heavy atom. The number of fused-ring (bicyclic) bond motifs is 2. The summed E-state index contributed by atoms with van der Waals surface area (Å²) < 4.78 is 6.47. The molecule has 9 rings (SSSR count). The second-order valence-corrected chi connectivity index (χ2v) is 19.2. The van der Waals surface area contributed by atoms with Gasteiger partial charge in [-0.3, -0.25) is 43.9 Å². The lowest BCUT2D eigenvalue weighted by Crippen LogP contribution is -2.74. The largest absolute Gasteiger partial charge is 0.489 e. The summed E-state index contributed by atoms with van der Waals surface area (Å²) in [6.45, 7) is 14.2. The van der Waals surface area contributed by atoms with Crippen LogP contribution in [0, 0.1) is 28.1 Å². The Bertz CT molecular complexity index is 2450. The maximum absolute atomic E-state index is 13.9. The summed E-state index contributed by atoms with van der Waals surface area (Å²) in [5.74, 6) is -1.04. The van der Waals surface area contributed by atoms with E-state index in [1.54, 1.807) is 42.5 Å². The number of piperidine rings is 2. The molecular weight excluding hydrogens is 810 g/mol. The highest BCUT2D eigenvalue weighted by Gasteiger charge is 2.67. The number of nitriles is 1. The monoisotopic (exact) mass is 859 g/mol. The van der Waals surface area contributed by atoms with Crippen LogP contribution in [0.2, 0.25) is 5.02 Å². The number of nitrogens with zero attached hydrogens (tertiary/aromatic N) is 6. The summed E-state index contributed by atoms with van der Waals surface area (Å²) in [6.07, 6.45) is 1.91. The number of amides is 6. The molecule has 1 aliphatic carbocycles. The van der Waals surface area contributed by atoms with Crippen molar-refractivity contribution in [3.63, 3.8) is 0 Å². The van der Waals surface area contributed by atoms with Crippen LogP contribution in [0.25, 0.3) is 0 Å². The molecule has 6 amide bonds. The van der Waals surface area contributed by atoms with Crippen LogP contribution in [0.15, 0.2) is 54.6 Å². The van der Waals surface area contributed by atoms with Gasteiger partial charge in [-0.1, -0.05) is 39.3 Å². The van der Waals surface area contributed by atoms with E-state index in [1.807, 2.05) is 21.9 Å². The topological polar surface area (TPSA) is 164 Å². The molecule has 62 heavy (non-hydrogen) atoms. The van der Waals surface area contributed by atoms with Gasteiger partial charge < -0.3 is 19.4 Å². The van der Waals surface area contributed by atoms with E-state index in [4.69, 9.17) is 16.3 Å². The Labute approximate surface area is 365 Å². The summed E-state index contributed by atoms with van der Waals surface area (Å²) in [5, 5.41) is 11.9. The number of imide groups is 2. The van der Waals surface area contributed by atoms with Crippen LogP contribution < -0.4 is 15.0 Å². The van der Waals surface area contributed by atoms with Gasteiger partial charge in [0.25, 0.3) is 23.6 Å². The van der Waals surface area contributed by atoms with Gasteiger partial charge in [-0.25, -0.2) is 0 Å². The zero-order chi connectivity index (χ0) is 43.8. The average Bonchev–Trinajstić information content (AvgIpc) is 3.69. The summed E-state index contributed by atoms with van der Waals surface area (Å²) in [6, 6.07) is 16.8. The van der Waals surface area contributed by atoms with Gasteiger partial charge in [0, 0.05) is 98.5 Å². The van der Waals surface area contributed by atoms with Crippen LogP contribution in [0.3, 0.4) is 0 Å². The van der Waals surface area contributed by atoms with Crippen LogP contribution >= 0.6 is 11.6 Å². The molecule has 0 aromatic heterocycles. The van der Waals surface area contributed by atoms with Gasteiger partial charge in [-0.2, -0.15) is 5.26 Å². The first-order valence-corrected chi connectivity index (χ1v) is 21.9. The number of ether oxygens (including phenoxy) is 1. The molecule has 3 aromatic carbocycles. The number of benzene rings is 3. The maximum Gasteiger partial charge on any atom is 0.262 e. The van der Waals surface area contributed by atoms with E-state index in [9.17, 15) is 34.0 Å². The molecule has 3 saturated heterocycles. The van der Waals surface area contributed by atoms with E-state index < -0.39 is 40.5 Å². The number of carbonyl (C=O) groups excluding carboxylic acids is 6. The Balaban J connectivity index is 0.760. The highest BCUT2D eigenvalue weighted by molar-refractivity contribution is 6.31. The number of nitrogens with one attached hydrogen (secondary N) is 1. The van der Waals surface area contributed by atoms with Crippen LogP contribution in [0.4, 0.5) is 5.69 Å². The highest BCUT2D eigenvalue weighted by Crippen LogP contribution is 2.59. The molecule has 14 nitrogen and oxygen atoms in total. The number of anilines is 1. The van der Waals surface area contributed by atoms with Crippen molar-refractivity contribution in [2.45, 2.75) is 78.1 Å². The third kappa shape index (κ3) is 6.99. The van der Waals surface area contributed by atoms with Crippen molar-refractivity contribution in [1.29, 1.82) is 5.26 Å². The molecule has 0 bridgehead atoms. The molecule has 6 aliphatic rings. The lowest BCUT2D eigenvalue weighted by Gasteiger charge is -2.65. The molecule has 0 radical (unpaired) electrons. The van der Waals surface area contributed by atoms with Gasteiger partial charge in [0.15, 0.2) is 0 Å². The molecule has 1 atom stereocenters. The summed E-state index contributed by atoms with van der Waals surface area (Å²) in [5.41, 5.74) is 3.10.